The van der Waals surface area contributed by atoms with E-state index in [1.807, 2.05) is 24.0 Å². The number of rotatable bonds is 4. The number of aryl methyl sites for hydroxylation is 1. The molecule has 0 radical (unpaired) electrons. The van der Waals surface area contributed by atoms with Gasteiger partial charge in [-0.1, -0.05) is 0 Å². The van der Waals surface area contributed by atoms with Crippen molar-refractivity contribution in [2.24, 2.45) is 5.92 Å². The Labute approximate surface area is 188 Å². The number of alkyl halides is 3. The summed E-state index contributed by atoms with van der Waals surface area (Å²) in [4.78, 5) is 34.7. The predicted molar refractivity (Wildman–Crippen MR) is 108 cm³/mol. The van der Waals surface area contributed by atoms with Gasteiger partial charge in [0.15, 0.2) is 0 Å². The molecular formula is C21H25F3N4O5. The van der Waals surface area contributed by atoms with E-state index in [4.69, 9.17) is 19.1 Å². The standard InChI is InChI=1S/C19H24N4O3.C2HF3O2/c1-13-8-21-16(9-20-13)19(24)23-6-5-18(25-2)15-11-22(12-17(15)23)10-14-4-3-7-26-14;3-2(4,5)1(6)7/h3-4,7-9,15,17-18H,5-6,10-12H2,1-2H3;(H,6,7)/t15-,17+,18+;/m0./s1. The molecule has 180 valence electrons. The van der Waals surface area contributed by atoms with Gasteiger partial charge < -0.3 is 19.2 Å². The van der Waals surface area contributed by atoms with Crippen molar-refractivity contribution in [1.82, 2.24) is 19.8 Å². The molecule has 0 unspecified atom stereocenters. The molecule has 0 spiro atoms. The molecule has 33 heavy (non-hydrogen) atoms. The number of ether oxygens (including phenoxy) is 1. The smallest absolute Gasteiger partial charge is 0.475 e. The number of likely N-dealkylation sites (tertiary alicyclic amines) is 2. The number of nitrogens with zero attached hydrogens (tertiary/aromatic N) is 4. The number of fused-ring (bicyclic) bond motifs is 1. The number of methoxy groups -OCH3 is 1. The largest absolute Gasteiger partial charge is 0.490 e. The number of amides is 1. The summed E-state index contributed by atoms with van der Waals surface area (Å²) in [5.41, 5.74) is 1.22. The number of carboxylic acids is 1. The maximum atomic E-state index is 13.0. The van der Waals surface area contributed by atoms with Gasteiger partial charge in [0.05, 0.1) is 36.8 Å². The minimum absolute atomic E-state index is 0.0399. The van der Waals surface area contributed by atoms with Crippen LogP contribution in [0.2, 0.25) is 0 Å². The van der Waals surface area contributed by atoms with E-state index in [0.29, 0.717) is 18.2 Å². The lowest BCUT2D eigenvalue weighted by molar-refractivity contribution is -0.192. The van der Waals surface area contributed by atoms with E-state index in [1.165, 1.54) is 0 Å². The first kappa shape index (κ1) is 24.6. The van der Waals surface area contributed by atoms with E-state index in [0.717, 1.165) is 37.5 Å². The van der Waals surface area contributed by atoms with E-state index in [-0.39, 0.29) is 18.1 Å². The molecule has 0 aromatic carbocycles. The number of furan rings is 1. The fourth-order valence-corrected chi connectivity index (χ4v) is 4.18. The van der Waals surface area contributed by atoms with Crippen molar-refractivity contribution < 1.29 is 37.0 Å². The zero-order chi connectivity index (χ0) is 24.2. The second-order valence-electron chi connectivity index (χ2n) is 7.91. The second-order valence-corrected chi connectivity index (χ2v) is 7.91. The monoisotopic (exact) mass is 470 g/mol. The molecule has 4 heterocycles. The van der Waals surface area contributed by atoms with E-state index in [9.17, 15) is 18.0 Å². The maximum Gasteiger partial charge on any atom is 0.490 e. The Hall–Kier alpha value is -2.99. The summed E-state index contributed by atoms with van der Waals surface area (Å²) >= 11 is 0. The number of halogens is 3. The van der Waals surface area contributed by atoms with Crippen LogP contribution in [0.15, 0.2) is 35.2 Å². The molecule has 2 aromatic heterocycles. The molecule has 12 heteroatoms. The van der Waals surface area contributed by atoms with Crippen LogP contribution in [0.5, 0.6) is 0 Å². The lowest BCUT2D eigenvalue weighted by Gasteiger charge is -2.40. The first-order chi connectivity index (χ1) is 15.6. The third-order valence-electron chi connectivity index (χ3n) is 5.71. The highest BCUT2D eigenvalue weighted by molar-refractivity contribution is 5.92. The SMILES string of the molecule is CO[C@@H]1CCN(C(=O)c2cnc(C)cn2)[C@@H]2CN(Cc3ccco3)C[C@@H]21.O=C(O)C(F)(F)F. The molecule has 0 aliphatic carbocycles. The summed E-state index contributed by atoms with van der Waals surface area (Å²) in [5, 5.41) is 7.12. The first-order valence-corrected chi connectivity index (χ1v) is 10.3. The van der Waals surface area contributed by atoms with Crippen molar-refractivity contribution in [1.29, 1.82) is 0 Å². The van der Waals surface area contributed by atoms with Gasteiger partial charge in [-0.15, -0.1) is 0 Å². The molecule has 3 atom stereocenters. The highest BCUT2D eigenvalue weighted by Crippen LogP contribution is 2.34. The van der Waals surface area contributed by atoms with Gasteiger partial charge in [-0.25, -0.2) is 9.78 Å². The minimum atomic E-state index is -5.08. The number of aliphatic carboxylic acids is 1. The molecule has 2 aliphatic rings. The molecule has 9 nitrogen and oxygen atoms in total. The molecule has 2 fully saturated rings. The highest BCUT2D eigenvalue weighted by Gasteiger charge is 2.46. The Morgan fingerprint density at radius 1 is 1.27 bits per heavy atom. The van der Waals surface area contributed by atoms with Gasteiger partial charge in [0.2, 0.25) is 0 Å². The molecule has 2 aliphatic heterocycles. The second kappa shape index (κ2) is 10.3. The Kier molecular flexibility index (Phi) is 7.69. The van der Waals surface area contributed by atoms with Crippen LogP contribution in [0, 0.1) is 12.8 Å². The summed E-state index contributed by atoms with van der Waals surface area (Å²) in [6.45, 7) is 5.01. The van der Waals surface area contributed by atoms with Gasteiger partial charge in [0.25, 0.3) is 5.91 Å². The molecule has 4 rings (SSSR count). The zero-order valence-corrected chi connectivity index (χ0v) is 18.2. The third-order valence-corrected chi connectivity index (χ3v) is 5.71. The molecule has 1 N–H and O–H groups in total. The Bertz CT molecular complexity index is 936. The fourth-order valence-electron chi connectivity index (χ4n) is 4.18. The van der Waals surface area contributed by atoms with Crippen LogP contribution in [0.4, 0.5) is 13.2 Å². The topological polar surface area (TPSA) is 109 Å². The van der Waals surface area contributed by atoms with Crippen molar-refractivity contribution in [2.45, 2.75) is 38.2 Å². The van der Waals surface area contributed by atoms with Crippen molar-refractivity contribution in [3.63, 3.8) is 0 Å². The maximum absolute atomic E-state index is 13.0. The van der Waals surface area contributed by atoms with Gasteiger partial charge in [-0.05, 0) is 25.5 Å². The van der Waals surface area contributed by atoms with Crippen LogP contribution in [0.25, 0.3) is 0 Å². The first-order valence-electron chi connectivity index (χ1n) is 10.3. The van der Waals surface area contributed by atoms with Crippen LogP contribution in [0.1, 0.15) is 28.4 Å². The molecule has 1 amide bonds. The van der Waals surface area contributed by atoms with Crippen LogP contribution < -0.4 is 0 Å². The number of piperidine rings is 1. The molecule has 0 bridgehead atoms. The van der Waals surface area contributed by atoms with Gasteiger partial charge >= 0.3 is 12.1 Å². The van der Waals surface area contributed by atoms with Crippen molar-refractivity contribution >= 4 is 11.9 Å². The van der Waals surface area contributed by atoms with Gasteiger partial charge in [-0.2, -0.15) is 13.2 Å². The van der Waals surface area contributed by atoms with Crippen LogP contribution in [0.3, 0.4) is 0 Å². The Morgan fingerprint density at radius 3 is 2.55 bits per heavy atom. The van der Waals surface area contributed by atoms with E-state index < -0.39 is 12.1 Å². The summed E-state index contributed by atoms with van der Waals surface area (Å²) in [5.74, 6) is -1.56. The predicted octanol–water partition coefficient (Wildman–Crippen LogP) is 2.37. The Morgan fingerprint density at radius 2 is 2.00 bits per heavy atom. The van der Waals surface area contributed by atoms with Crippen LogP contribution in [-0.2, 0) is 16.1 Å². The number of hydrogen-bond acceptors (Lipinski definition) is 7. The average molecular weight is 470 g/mol. The summed E-state index contributed by atoms with van der Waals surface area (Å²) in [6, 6.07) is 4.02. The normalized spacial score (nSPS) is 22.9. The van der Waals surface area contributed by atoms with E-state index >= 15 is 0 Å². The van der Waals surface area contributed by atoms with Gasteiger partial charge in [-0.3, -0.25) is 14.7 Å². The van der Waals surface area contributed by atoms with E-state index in [2.05, 4.69) is 14.9 Å². The number of carbonyl (C=O) groups is 2. The molecular weight excluding hydrogens is 445 g/mol. The Balaban J connectivity index is 0.000000383. The summed E-state index contributed by atoms with van der Waals surface area (Å²) < 4.78 is 42.9. The molecule has 0 saturated carbocycles. The number of carboxylic acid groups (broad SMARTS) is 1. The van der Waals surface area contributed by atoms with Crippen molar-refractivity contribution in [2.75, 3.05) is 26.7 Å². The fraction of sp³-hybridized carbons (Fsp3) is 0.524. The lowest BCUT2D eigenvalue weighted by Crippen LogP contribution is -2.53. The average Bonchev–Trinajstić information content (AvgIpc) is 3.43. The van der Waals surface area contributed by atoms with E-state index in [1.54, 1.807) is 25.8 Å². The zero-order valence-electron chi connectivity index (χ0n) is 18.2. The molecule has 2 aromatic rings. The lowest BCUT2D eigenvalue weighted by atomic mass is 9.89. The minimum Gasteiger partial charge on any atom is -0.475 e. The van der Waals surface area contributed by atoms with Crippen molar-refractivity contribution in [3.8, 4) is 0 Å². The number of aromatic nitrogens is 2. The van der Waals surface area contributed by atoms with Crippen molar-refractivity contribution in [3.05, 3.63) is 47.9 Å². The summed E-state index contributed by atoms with van der Waals surface area (Å²) in [7, 11) is 1.76. The van der Waals surface area contributed by atoms with Crippen LogP contribution >= 0.6 is 0 Å². The summed E-state index contributed by atoms with van der Waals surface area (Å²) in [6.07, 6.45) is 0.851. The van der Waals surface area contributed by atoms with Crippen LogP contribution in [-0.4, -0.2) is 81.8 Å². The molecule has 2 saturated heterocycles. The number of carbonyl (C=O) groups excluding carboxylic acids is 1. The quantitative estimate of drug-likeness (QED) is 0.726. The number of hydrogen-bond donors (Lipinski definition) is 1. The third kappa shape index (κ3) is 6.08. The van der Waals surface area contributed by atoms with Gasteiger partial charge in [0.1, 0.15) is 11.5 Å². The van der Waals surface area contributed by atoms with Gasteiger partial charge in [0, 0.05) is 38.9 Å². The highest BCUT2D eigenvalue weighted by atomic mass is 19.4.